The standard InChI is InChI=1S/C33H39ClN6O10S3/c1-32(2,29(46)47)50-38-24(20-16-51-31(35)37-20)22(42)15-19-27(45)39-17-33(30(48)49,53-28(19)39)52-14-6-5-12-40(10-3-4-11-40)13-9-36-26(44)18-7-8-21(41)25(43)23(18)34/h5-8,16,19,28H,3-4,9-15,17H2,1-2H3,(H6-,35,36,37,38,41,42,43,44,46,47,48,49)/b6-5+/t19-,28?,33-/m1/s1. The molecule has 3 fully saturated rings. The molecule has 3 aliphatic rings. The number of aromatic nitrogens is 1. The topological polar surface area (TPSA) is 245 Å². The highest BCUT2D eigenvalue weighted by molar-refractivity contribution is 8.20. The van der Waals surface area contributed by atoms with Gasteiger partial charge in [0.15, 0.2) is 28.1 Å². The van der Waals surface area contributed by atoms with Crippen LogP contribution in [-0.4, -0.2) is 125 Å². The Morgan fingerprint density at radius 2 is 1.98 bits per heavy atom. The monoisotopic (exact) mass is 810 g/mol. The average Bonchev–Trinajstić information content (AvgIpc) is 3.84. The Bertz CT molecular complexity index is 1850. The zero-order valence-corrected chi connectivity index (χ0v) is 32.0. The van der Waals surface area contributed by atoms with Crippen LogP contribution in [0, 0.1) is 5.92 Å². The minimum Gasteiger partial charge on any atom is -0.548 e. The Kier molecular flexibility index (Phi) is 12.2. The van der Waals surface area contributed by atoms with E-state index < -0.39 is 62.0 Å². The number of aliphatic carboxylic acids is 2. The second-order valence-corrected chi connectivity index (χ2v) is 17.7. The fraction of sp³-hybridized carbons (Fsp3) is 0.485. The summed E-state index contributed by atoms with van der Waals surface area (Å²) in [6.45, 7) is 5.84. The van der Waals surface area contributed by atoms with Crippen molar-refractivity contribution in [2.75, 3.05) is 50.8 Å². The number of phenolic OH excluding ortho intramolecular Hbond substituents is 2. The van der Waals surface area contributed by atoms with Gasteiger partial charge in [0.05, 0.1) is 67.1 Å². The molecular weight excluding hydrogens is 772 g/mol. The fourth-order valence-corrected chi connectivity index (χ4v) is 10.0. The number of likely N-dealkylation sites (tertiary alicyclic amines) is 1. The molecular formula is C33H39ClN6O10S3. The Labute approximate surface area is 322 Å². The van der Waals surface area contributed by atoms with Gasteiger partial charge in [-0.1, -0.05) is 22.8 Å². The number of thioether (sulfide) groups is 2. The van der Waals surface area contributed by atoms with Crippen LogP contribution in [0.2, 0.25) is 5.02 Å². The van der Waals surface area contributed by atoms with Crippen LogP contribution in [0.3, 0.4) is 0 Å². The van der Waals surface area contributed by atoms with Gasteiger partial charge in [0.25, 0.3) is 5.91 Å². The summed E-state index contributed by atoms with van der Waals surface area (Å²) in [5.74, 6) is -5.67. The first-order valence-corrected chi connectivity index (χ1v) is 19.7. The zero-order chi connectivity index (χ0) is 38.7. The van der Waals surface area contributed by atoms with Crippen LogP contribution < -0.4 is 16.2 Å². The third kappa shape index (κ3) is 8.69. The number of rotatable bonds is 17. The highest BCUT2D eigenvalue weighted by Crippen LogP contribution is 2.55. The molecule has 4 heterocycles. The largest absolute Gasteiger partial charge is 0.548 e. The quantitative estimate of drug-likeness (QED) is 0.0381. The van der Waals surface area contributed by atoms with Crippen LogP contribution >= 0.6 is 46.5 Å². The van der Waals surface area contributed by atoms with E-state index in [0.29, 0.717) is 29.9 Å². The highest BCUT2D eigenvalue weighted by Gasteiger charge is 2.60. The number of nitrogens with zero attached hydrogens (tertiary/aromatic N) is 4. The van der Waals surface area contributed by atoms with Crippen LogP contribution in [-0.2, 0) is 24.0 Å². The van der Waals surface area contributed by atoms with Crippen LogP contribution in [0.15, 0.2) is 34.8 Å². The summed E-state index contributed by atoms with van der Waals surface area (Å²) in [5.41, 5.74) is 3.79. The van der Waals surface area contributed by atoms with Gasteiger partial charge in [0.1, 0.15) is 9.77 Å². The number of aromatic hydroxyl groups is 2. The lowest BCUT2D eigenvalue weighted by molar-refractivity contribution is -0.910. The number of phenols is 2. The van der Waals surface area contributed by atoms with E-state index >= 15 is 0 Å². The maximum absolute atomic E-state index is 13.4. The molecule has 3 saturated heterocycles. The molecule has 5 rings (SSSR count). The number of carbonyl (C=O) groups excluding carboxylic acids is 4. The second kappa shape index (κ2) is 16.1. The molecule has 16 nitrogen and oxygen atoms in total. The van der Waals surface area contributed by atoms with Gasteiger partial charge in [-0.25, -0.2) is 9.78 Å². The van der Waals surface area contributed by atoms with Crippen LogP contribution in [0.4, 0.5) is 5.13 Å². The van der Waals surface area contributed by atoms with Crippen molar-refractivity contribution in [2.45, 2.75) is 48.2 Å². The van der Waals surface area contributed by atoms with Crippen molar-refractivity contribution in [3.63, 3.8) is 0 Å². The summed E-state index contributed by atoms with van der Waals surface area (Å²) < 4.78 is -0.750. The highest BCUT2D eigenvalue weighted by atomic mass is 35.5. The second-order valence-electron chi connectivity index (χ2n) is 13.4. The van der Waals surface area contributed by atoms with E-state index in [2.05, 4.69) is 15.5 Å². The molecule has 2 amide bonds. The molecule has 6 N–H and O–H groups in total. The first-order chi connectivity index (χ1) is 25.0. The Morgan fingerprint density at radius 1 is 1.26 bits per heavy atom. The lowest BCUT2D eigenvalue weighted by atomic mass is 9.90. The summed E-state index contributed by atoms with van der Waals surface area (Å²) in [6.07, 6.45) is 5.57. The van der Waals surface area contributed by atoms with Crippen molar-refractivity contribution >= 4 is 86.8 Å². The minimum absolute atomic E-state index is 0.0504. The summed E-state index contributed by atoms with van der Waals surface area (Å²) in [4.78, 5) is 74.0. The SMILES string of the molecule is CC(C)(O/N=C(\C(=O)C[C@@H]1C(=O)N2C[C@](SC/C=C/C[N+]3(CCNC(=O)c4ccc(O)c(O)c4Cl)CCCC3)(C(=O)[O-])SC12)c1csc(N)n1)C(=O)O. The minimum atomic E-state index is -1.76. The number of β-lactam (4-membered cyclic amide) rings is 1. The van der Waals surface area contributed by atoms with E-state index in [9.17, 15) is 44.4 Å². The number of ketones is 1. The number of nitrogens with two attached hydrogens (primary N) is 1. The molecule has 0 bridgehead atoms. The van der Waals surface area contributed by atoms with Crippen LogP contribution in [0.25, 0.3) is 0 Å². The Balaban J connectivity index is 1.16. The number of halogens is 1. The van der Waals surface area contributed by atoms with Crippen molar-refractivity contribution in [2.24, 2.45) is 11.1 Å². The molecule has 0 spiro atoms. The first kappa shape index (κ1) is 40.2. The molecule has 20 heteroatoms. The predicted octanol–water partition coefficient (Wildman–Crippen LogP) is 1.64. The number of hydrogen-bond acceptors (Lipinski definition) is 15. The fourth-order valence-electron chi connectivity index (χ4n) is 6.22. The molecule has 286 valence electrons. The normalized spacial score (nSPS) is 22.4. The van der Waals surface area contributed by atoms with Crippen molar-refractivity contribution < 1.29 is 53.7 Å². The summed E-state index contributed by atoms with van der Waals surface area (Å²) in [6, 6.07) is 2.53. The third-order valence-electron chi connectivity index (χ3n) is 9.36. The van der Waals surface area contributed by atoms with Crippen LogP contribution in [0.5, 0.6) is 11.5 Å². The van der Waals surface area contributed by atoms with Crippen molar-refractivity contribution in [1.82, 2.24) is 15.2 Å². The maximum atomic E-state index is 13.4. The molecule has 2 aromatic rings. The van der Waals surface area contributed by atoms with E-state index in [-0.39, 0.29) is 40.1 Å². The number of hydrogen-bond donors (Lipinski definition) is 5. The molecule has 3 aliphatic heterocycles. The summed E-state index contributed by atoms with van der Waals surface area (Å²) in [7, 11) is 0. The molecule has 53 heavy (non-hydrogen) atoms. The van der Waals surface area contributed by atoms with Gasteiger partial charge < -0.3 is 50.5 Å². The van der Waals surface area contributed by atoms with Gasteiger partial charge >= 0.3 is 5.97 Å². The molecule has 0 radical (unpaired) electrons. The molecule has 1 aromatic heterocycles. The summed E-state index contributed by atoms with van der Waals surface area (Å²) in [5, 5.41) is 48.7. The van der Waals surface area contributed by atoms with Crippen LogP contribution in [0.1, 0.15) is 49.2 Å². The molecule has 0 aliphatic carbocycles. The molecule has 1 aromatic carbocycles. The number of fused-ring (bicyclic) bond motifs is 1. The number of nitrogens with one attached hydrogen (secondary N) is 1. The molecule has 0 saturated carbocycles. The van der Waals surface area contributed by atoms with E-state index in [4.69, 9.17) is 22.2 Å². The van der Waals surface area contributed by atoms with Gasteiger partial charge in [0.2, 0.25) is 11.5 Å². The zero-order valence-electron chi connectivity index (χ0n) is 28.8. The average molecular weight is 811 g/mol. The number of anilines is 1. The Morgan fingerprint density at radius 3 is 2.62 bits per heavy atom. The third-order valence-corrected chi connectivity index (χ3v) is 13.7. The van der Waals surface area contributed by atoms with E-state index in [0.717, 1.165) is 60.8 Å². The van der Waals surface area contributed by atoms with Gasteiger partial charge in [-0.15, -0.1) is 34.9 Å². The number of benzene rings is 1. The molecule has 3 atom stereocenters. The predicted molar refractivity (Wildman–Crippen MR) is 197 cm³/mol. The van der Waals surface area contributed by atoms with Gasteiger partial charge in [-0.05, 0) is 32.1 Å². The first-order valence-electron chi connectivity index (χ1n) is 16.6. The van der Waals surface area contributed by atoms with Crippen molar-refractivity contribution in [1.29, 1.82) is 0 Å². The number of Topliss-reactive ketones (excluding diaryl/α,β-unsaturated/α-hetero) is 1. The number of carbonyl (C=O) groups is 5. The lowest BCUT2D eigenvalue weighted by Crippen LogP contribution is -2.58. The van der Waals surface area contributed by atoms with Gasteiger partial charge in [-0.2, -0.15) is 0 Å². The van der Waals surface area contributed by atoms with Crippen molar-refractivity contribution in [3.05, 3.63) is 45.9 Å². The number of thiazole rings is 1. The van der Waals surface area contributed by atoms with E-state index in [1.807, 2.05) is 12.2 Å². The lowest BCUT2D eigenvalue weighted by Gasteiger charge is -2.41. The van der Waals surface area contributed by atoms with Crippen molar-refractivity contribution in [3.8, 4) is 11.5 Å². The molecule has 1 unspecified atom stereocenters. The number of carboxylic acid groups (broad SMARTS) is 2. The van der Waals surface area contributed by atoms with Gasteiger partial charge in [-0.3, -0.25) is 14.4 Å². The van der Waals surface area contributed by atoms with Gasteiger partial charge in [0, 0.05) is 30.4 Å². The van der Waals surface area contributed by atoms with E-state index in [1.54, 1.807) is 0 Å². The number of quaternary nitrogens is 1. The summed E-state index contributed by atoms with van der Waals surface area (Å²) >= 11 is 9.25. The number of amides is 2. The number of carboxylic acids is 2. The number of nitrogen functional groups attached to an aromatic ring is 1. The smallest absolute Gasteiger partial charge is 0.350 e. The number of oxime groups is 1. The van der Waals surface area contributed by atoms with E-state index in [1.165, 1.54) is 36.3 Å². The maximum Gasteiger partial charge on any atom is 0.350 e. The Hall–Kier alpha value is -4.04.